The third-order valence-corrected chi connectivity index (χ3v) is 5.76. The Balaban J connectivity index is 1.88. The lowest BCUT2D eigenvalue weighted by atomic mass is 9.94. The fraction of sp³-hybridized carbons (Fsp3) is 1.00. The molecule has 0 bridgehead atoms. The number of hydrogen-bond donors (Lipinski definition) is 2. The predicted octanol–water partition coefficient (Wildman–Crippen LogP) is 3.25. The zero-order chi connectivity index (χ0) is 14.0. The molecule has 1 aliphatic carbocycles. The SMILES string of the molecule is O=S(=O)(O)SCCNCCCCC1CCCCCC1. The molecule has 1 rings (SSSR count). The van der Waals surface area contributed by atoms with Crippen LogP contribution < -0.4 is 5.32 Å². The molecule has 0 aromatic heterocycles. The molecule has 0 heterocycles. The molecular weight excluding hydrogens is 282 g/mol. The summed E-state index contributed by atoms with van der Waals surface area (Å²) in [6.07, 6.45) is 12.3. The van der Waals surface area contributed by atoms with Gasteiger partial charge in [0, 0.05) is 12.3 Å². The zero-order valence-corrected chi connectivity index (χ0v) is 13.3. The van der Waals surface area contributed by atoms with E-state index in [1.54, 1.807) is 0 Å². The van der Waals surface area contributed by atoms with Gasteiger partial charge in [-0.05, 0) is 29.7 Å². The fourth-order valence-corrected chi connectivity index (χ4v) is 4.00. The summed E-state index contributed by atoms with van der Waals surface area (Å²) in [5, 5.41) is 3.21. The molecule has 0 aromatic rings. The van der Waals surface area contributed by atoms with Gasteiger partial charge in [-0.25, -0.2) is 0 Å². The summed E-state index contributed by atoms with van der Waals surface area (Å²) in [4.78, 5) is 0. The highest BCUT2D eigenvalue weighted by Crippen LogP contribution is 2.26. The Morgan fingerprint density at radius 3 is 2.37 bits per heavy atom. The summed E-state index contributed by atoms with van der Waals surface area (Å²) < 4.78 is 29.5. The Bertz CT molecular complexity index is 312. The van der Waals surface area contributed by atoms with Crippen molar-refractivity contribution in [2.24, 2.45) is 5.92 Å². The maximum atomic E-state index is 10.5. The van der Waals surface area contributed by atoms with Crippen LogP contribution in [0, 0.1) is 5.92 Å². The quantitative estimate of drug-likeness (QED) is 0.296. The van der Waals surface area contributed by atoms with Crippen molar-refractivity contribution in [2.75, 3.05) is 18.8 Å². The van der Waals surface area contributed by atoms with Gasteiger partial charge in [-0.2, -0.15) is 8.42 Å². The third-order valence-electron chi connectivity index (χ3n) is 3.70. The van der Waals surface area contributed by atoms with E-state index in [9.17, 15) is 8.42 Å². The van der Waals surface area contributed by atoms with Crippen molar-refractivity contribution in [3.05, 3.63) is 0 Å². The highest BCUT2D eigenvalue weighted by Gasteiger charge is 2.11. The lowest BCUT2D eigenvalue weighted by Crippen LogP contribution is -2.19. The lowest BCUT2D eigenvalue weighted by Gasteiger charge is -2.13. The van der Waals surface area contributed by atoms with Crippen molar-refractivity contribution >= 4 is 19.9 Å². The standard InChI is InChI=1S/C13H27NO3S2/c15-19(16,17)18-12-11-14-10-6-5-9-13-7-3-1-2-4-8-13/h13-14H,1-12H2,(H,15,16,17). The number of hydrogen-bond acceptors (Lipinski definition) is 4. The number of nitrogens with one attached hydrogen (secondary N) is 1. The van der Waals surface area contributed by atoms with Crippen LogP contribution in [0.2, 0.25) is 0 Å². The minimum absolute atomic E-state index is 0.404. The smallest absolute Gasteiger partial charge is 0.316 e. The minimum atomic E-state index is -3.86. The summed E-state index contributed by atoms with van der Waals surface area (Å²) in [7, 11) is -3.28. The van der Waals surface area contributed by atoms with Crippen molar-refractivity contribution in [3.8, 4) is 0 Å². The second kappa shape index (κ2) is 10.0. The van der Waals surface area contributed by atoms with Crippen LogP contribution in [0.15, 0.2) is 0 Å². The van der Waals surface area contributed by atoms with Gasteiger partial charge in [0.15, 0.2) is 0 Å². The van der Waals surface area contributed by atoms with E-state index in [0.29, 0.717) is 23.1 Å². The second-order valence-electron chi connectivity index (χ2n) is 5.35. The second-order valence-corrected chi connectivity index (χ2v) is 8.82. The van der Waals surface area contributed by atoms with E-state index in [0.717, 1.165) is 18.9 Å². The van der Waals surface area contributed by atoms with E-state index in [4.69, 9.17) is 4.55 Å². The lowest BCUT2D eigenvalue weighted by molar-refractivity contribution is 0.407. The van der Waals surface area contributed by atoms with E-state index in [-0.39, 0.29) is 0 Å². The van der Waals surface area contributed by atoms with Crippen LogP contribution in [0.1, 0.15) is 57.8 Å². The van der Waals surface area contributed by atoms with Crippen LogP contribution in [-0.4, -0.2) is 31.8 Å². The number of rotatable bonds is 9. The van der Waals surface area contributed by atoms with Crippen LogP contribution in [0.3, 0.4) is 0 Å². The van der Waals surface area contributed by atoms with E-state index >= 15 is 0 Å². The molecule has 114 valence electrons. The van der Waals surface area contributed by atoms with Gasteiger partial charge in [-0.3, -0.25) is 4.55 Å². The van der Waals surface area contributed by atoms with Gasteiger partial charge in [0.1, 0.15) is 0 Å². The first-order chi connectivity index (χ1) is 9.08. The highest BCUT2D eigenvalue weighted by molar-refractivity contribution is 8.69. The molecule has 0 aliphatic heterocycles. The maximum absolute atomic E-state index is 10.5. The third kappa shape index (κ3) is 10.6. The van der Waals surface area contributed by atoms with Gasteiger partial charge in [0.2, 0.25) is 0 Å². The van der Waals surface area contributed by atoms with E-state index in [1.165, 1.54) is 51.4 Å². The van der Waals surface area contributed by atoms with Gasteiger partial charge < -0.3 is 5.32 Å². The molecule has 6 heteroatoms. The van der Waals surface area contributed by atoms with Gasteiger partial charge in [-0.1, -0.05) is 51.4 Å². The topological polar surface area (TPSA) is 66.4 Å². The molecule has 0 aromatic carbocycles. The molecule has 0 saturated heterocycles. The Hall–Kier alpha value is 0.220. The van der Waals surface area contributed by atoms with Crippen LogP contribution in [-0.2, 0) is 9.15 Å². The van der Waals surface area contributed by atoms with Crippen LogP contribution in [0.5, 0.6) is 0 Å². The van der Waals surface area contributed by atoms with E-state index in [1.807, 2.05) is 0 Å². The highest BCUT2D eigenvalue weighted by atomic mass is 33.1. The van der Waals surface area contributed by atoms with Crippen LogP contribution in [0.25, 0.3) is 0 Å². The maximum Gasteiger partial charge on any atom is 0.319 e. The molecule has 0 unspecified atom stereocenters. The molecule has 19 heavy (non-hydrogen) atoms. The van der Waals surface area contributed by atoms with Gasteiger partial charge in [0.05, 0.1) is 0 Å². The Morgan fingerprint density at radius 2 is 1.74 bits per heavy atom. The Morgan fingerprint density at radius 1 is 1.05 bits per heavy atom. The summed E-state index contributed by atoms with van der Waals surface area (Å²) in [5.74, 6) is 1.35. The van der Waals surface area contributed by atoms with Gasteiger partial charge >= 0.3 is 9.15 Å². The number of unbranched alkanes of at least 4 members (excludes halogenated alkanes) is 1. The Labute approximate surface area is 121 Å². The van der Waals surface area contributed by atoms with Crippen molar-refractivity contribution in [1.29, 1.82) is 0 Å². The molecule has 4 nitrogen and oxygen atoms in total. The first-order valence-corrected chi connectivity index (χ1v) is 10.3. The van der Waals surface area contributed by atoms with E-state index < -0.39 is 9.15 Å². The molecule has 1 saturated carbocycles. The predicted molar refractivity (Wildman–Crippen MR) is 81.9 cm³/mol. The van der Waals surface area contributed by atoms with Crippen molar-refractivity contribution in [3.63, 3.8) is 0 Å². The Kier molecular flexibility index (Phi) is 9.11. The largest absolute Gasteiger partial charge is 0.319 e. The van der Waals surface area contributed by atoms with Crippen molar-refractivity contribution in [1.82, 2.24) is 5.32 Å². The van der Waals surface area contributed by atoms with Crippen LogP contribution >= 0.6 is 10.8 Å². The zero-order valence-electron chi connectivity index (χ0n) is 11.6. The fourth-order valence-electron chi connectivity index (χ4n) is 2.68. The molecule has 1 aliphatic rings. The van der Waals surface area contributed by atoms with E-state index in [2.05, 4.69) is 5.32 Å². The average Bonchev–Trinajstić information content (AvgIpc) is 2.60. The first-order valence-electron chi connectivity index (χ1n) is 7.40. The molecule has 1 fully saturated rings. The molecule has 0 amide bonds. The summed E-state index contributed by atoms with van der Waals surface area (Å²) in [6, 6.07) is 0. The summed E-state index contributed by atoms with van der Waals surface area (Å²) in [6.45, 7) is 1.58. The molecular formula is C13H27NO3S2. The monoisotopic (exact) mass is 309 g/mol. The average molecular weight is 309 g/mol. The summed E-state index contributed by atoms with van der Waals surface area (Å²) in [5.41, 5.74) is 0. The molecule has 2 N–H and O–H groups in total. The van der Waals surface area contributed by atoms with Gasteiger partial charge in [0.25, 0.3) is 0 Å². The first kappa shape index (κ1) is 17.3. The molecule has 0 atom stereocenters. The van der Waals surface area contributed by atoms with Gasteiger partial charge in [-0.15, -0.1) is 0 Å². The molecule has 0 radical (unpaired) electrons. The van der Waals surface area contributed by atoms with Crippen LogP contribution in [0.4, 0.5) is 0 Å². The molecule has 0 spiro atoms. The van der Waals surface area contributed by atoms with Crippen molar-refractivity contribution in [2.45, 2.75) is 57.8 Å². The minimum Gasteiger partial charge on any atom is -0.316 e. The van der Waals surface area contributed by atoms with Crippen molar-refractivity contribution < 1.29 is 13.0 Å². The summed E-state index contributed by atoms with van der Waals surface area (Å²) >= 11 is 0. The normalized spacial score (nSPS) is 18.4.